The summed E-state index contributed by atoms with van der Waals surface area (Å²) in [6, 6.07) is 6.64. The summed E-state index contributed by atoms with van der Waals surface area (Å²) >= 11 is 6.22. The molecule has 0 radical (unpaired) electrons. The Morgan fingerprint density at radius 2 is 1.90 bits per heavy atom. The number of nitrogens with zero attached hydrogens (tertiary/aromatic N) is 1. The lowest BCUT2D eigenvalue weighted by molar-refractivity contribution is -0.173. The quantitative estimate of drug-likeness (QED) is 0.281. The summed E-state index contributed by atoms with van der Waals surface area (Å²) in [6.45, 7) is 1.31. The molecule has 0 spiro atoms. The molecular weight excluding hydrogens is 533 g/mol. The van der Waals surface area contributed by atoms with E-state index in [1.165, 1.54) is 32.1 Å². The fourth-order valence-corrected chi connectivity index (χ4v) is 6.27. The van der Waals surface area contributed by atoms with Crippen molar-refractivity contribution in [1.82, 2.24) is 20.9 Å². The van der Waals surface area contributed by atoms with Gasteiger partial charge < -0.3 is 26.0 Å². The van der Waals surface area contributed by atoms with Gasteiger partial charge in [-0.05, 0) is 62.8 Å². The van der Waals surface area contributed by atoms with Gasteiger partial charge in [0.25, 0.3) is 0 Å². The number of benzene rings is 1. The van der Waals surface area contributed by atoms with Gasteiger partial charge in [-0.3, -0.25) is 4.79 Å². The van der Waals surface area contributed by atoms with Gasteiger partial charge in [-0.15, -0.1) is 0 Å². The van der Waals surface area contributed by atoms with Crippen LogP contribution < -0.4 is 16.0 Å². The molecule has 220 valence electrons. The zero-order valence-electron chi connectivity index (χ0n) is 22.7. The summed E-state index contributed by atoms with van der Waals surface area (Å²) < 4.78 is 37.7. The number of amides is 3. The average molecular weight is 575 g/mol. The van der Waals surface area contributed by atoms with Crippen molar-refractivity contribution in [2.45, 2.75) is 82.0 Å². The summed E-state index contributed by atoms with van der Waals surface area (Å²) in [4.78, 5) is 26.3. The molecule has 1 saturated carbocycles. The molecule has 11 heteroatoms. The predicted molar refractivity (Wildman–Crippen MR) is 145 cm³/mol. The second-order valence-corrected chi connectivity index (χ2v) is 11.5. The number of hydrogen-bond donors (Lipinski definition) is 4. The third-order valence-corrected chi connectivity index (χ3v) is 8.34. The first-order valence-electron chi connectivity index (χ1n) is 14.1. The zero-order chi connectivity index (χ0) is 28.5. The minimum Gasteiger partial charge on any atom is -0.385 e. The van der Waals surface area contributed by atoms with Gasteiger partial charge in [-0.1, -0.05) is 55.8 Å². The summed E-state index contributed by atoms with van der Waals surface area (Å²) in [5, 5.41) is 20.7. The number of carbonyl (C=O) groups excluding carboxylic acids is 2. The first-order chi connectivity index (χ1) is 18.5. The molecular formula is C28H42ClF3N4O3. The monoisotopic (exact) mass is 574 g/mol. The van der Waals surface area contributed by atoms with E-state index in [0.717, 1.165) is 6.42 Å². The molecule has 2 fully saturated rings. The van der Waals surface area contributed by atoms with Crippen LogP contribution in [0.1, 0.15) is 69.8 Å². The van der Waals surface area contributed by atoms with Gasteiger partial charge in [-0.25, -0.2) is 4.79 Å². The van der Waals surface area contributed by atoms with Crippen molar-refractivity contribution in [3.05, 3.63) is 34.9 Å². The van der Waals surface area contributed by atoms with E-state index in [-0.39, 0.29) is 37.4 Å². The number of likely N-dealkylation sites (tertiary alicyclic amines) is 1. The molecule has 4 N–H and O–H groups in total. The molecule has 1 unspecified atom stereocenters. The van der Waals surface area contributed by atoms with E-state index >= 15 is 0 Å². The lowest BCUT2D eigenvalue weighted by Gasteiger charge is -2.43. The third-order valence-electron chi connectivity index (χ3n) is 8.11. The maximum atomic E-state index is 13.3. The van der Waals surface area contributed by atoms with Crippen molar-refractivity contribution >= 4 is 23.5 Å². The SMILES string of the molecule is CNCC(CC1CCCCC1)NC(=O)N1CCC[C@@H]([C@@](O)(CCCNC(=O)C(F)(F)F)c2cccc(Cl)c2)C1. The van der Waals surface area contributed by atoms with Crippen molar-refractivity contribution in [1.29, 1.82) is 0 Å². The van der Waals surface area contributed by atoms with Crippen LogP contribution in [0.2, 0.25) is 5.02 Å². The third kappa shape index (κ3) is 9.25. The molecule has 3 rings (SSSR count). The van der Waals surface area contributed by atoms with Crippen LogP contribution in [-0.2, 0) is 10.4 Å². The van der Waals surface area contributed by atoms with Crippen LogP contribution in [0.4, 0.5) is 18.0 Å². The highest BCUT2D eigenvalue weighted by atomic mass is 35.5. The maximum Gasteiger partial charge on any atom is 0.471 e. The predicted octanol–water partition coefficient (Wildman–Crippen LogP) is 4.97. The van der Waals surface area contributed by atoms with Crippen LogP contribution in [-0.4, -0.2) is 67.4 Å². The second kappa shape index (κ2) is 14.6. The molecule has 3 amide bonds. The summed E-state index contributed by atoms with van der Waals surface area (Å²) in [7, 11) is 1.87. The highest BCUT2D eigenvalue weighted by molar-refractivity contribution is 6.30. The number of carbonyl (C=O) groups is 2. The smallest absolute Gasteiger partial charge is 0.385 e. The Morgan fingerprint density at radius 1 is 1.15 bits per heavy atom. The van der Waals surface area contributed by atoms with E-state index in [1.807, 2.05) is 12.4 Å². The van der Waals surface area contributed by atoms with Crippen LogP contribution in [0, 0.1) is 11.8 Å². The first kappa shape index (κ1) is 31.5. The van der Waals surface area contributed by atoms with Gasteiger partial charge in [0.15, 0.2) is 0 Å². The van der Waals surface area contributed by atoms with Gasteiger partial charge in [-0.2, -0.15) is 13.2 Å². The minimum atomic E-state index is -4.96. The number of likely N-dealkylation sites (N-methyl/N-ethyl adjacent to an activating group) is 1. The molecule has 1 aromatic rings. The largest absolute Gasteiger partial charge is 0.471 e. The molecule has 2 aliphatic rings. The lowest BCUT2D eigenvalue weighted by atomic mass is 9.74. The van der Waals surface area contributed by atoms with Gasteiger partial charge in [0.2, 0.25) is 0 Å². The Kier molecular flexibility index (Phi) is 11.7. The molecule has 1 heterocycles. The Morgan fingerprint density at radius 3 is 2.56 bits per heavy atom. The van der Waals surface area contributed by atoms with E-state index in [1.54, 1.807) is 29.2 Å². The molecule has 7 nitrogen and oxygen atoms in total. The van der Waals surface area contributed by atoms with E-state index in [2.05, 4.69) is 10.6 Å². The molecule has 1 aromatic carbocycles. The fraction of sp³-hybridized carbons (Fsp3) is 0.714. The normalized spacial score (nSPS) is 21.2. The molecule has 39 heavy (non-hydrogen) atoms. The Balaban J connectivity index is 1.68. The van der Waals surface area contributed by atoms with Crippen molar-refractivity contribution in [3.8, 4) is 0 Å². The van der Waals surface area contributed by atoms with E-state index in [9.17, 15) is 27.9 Å². The second-order valence-electron chi connectivity index (χ2n) is 11.0. The van der Waals surface area contributed by atoms with E-state index in [0.29, 0.717) is 49.0 Å². The van der Waals surface area contributed by atoms with Gasteiger partial charge >= 0.3 is 18.1 Å². The van der Waals surface area contributed by atoms with Gasteiger partial charge in [0.1, 0.15) is 0 Å². The van der Waals surface area contributed by atoms with Crippen LogP contribution in [0.25, 0.3) is 0 Å². The number of halogens is 4. The molecule has 0 aromatic heterocycles. The lowest BCUT2D eigenvalue weighted by Crippen LogP contribution is -2.54. The van der Waals surface area contributed by atoms with E-state index in [4.69, 9.17) is 11.6 Å². The van der Waals surface area contributed by atoms with Crippen molar-refractivity contribution in [3.63, 3.8) is 0 Å². The maximum absolute atomic E-state index is 13.3. The molecule has 3 atom stereocenters. The standard InChI is InChI=1S/C28H42ClF3N4O3/c1-33-18-24(16-20-8-3-2-4-9-20)35-26(38)36-15-6-11-22(19-36)27(39,21-10-5-12-23(29)17-21)13-7-14-34-25(37)28(30,31)32/h5,10,12,17,20,22,24,33,39H,2-4,6-9,11,13-16,18-19H2,1H3,(H,34,37)(H,35,38)/t22-,24?,27-/m1/s1. The van der Waals surface area contributed by atoms with Crippen LogP contribution >= 0.6 is 11.6 Å². The Labute approximate surface area is 234 Å². The van der Waals surface area contributed by atoms with Crippen LogP contribution in [0.15, 0.2) is 24.3 Å². The Hall–Kier alpha value is -2.04. The van der Waals surface area contributed by atoms with Crippen molar-refractivity contribution < 1.29 is 27.9 Å². The zero-order valence-corrected chi connectivity index (χ0v) is 23.4. The van der Waals surface area contributed by atoms with Crippen molar-refractivity contribution in [2.24, 2.45) is 11.8 Å². The number of nitrogens with one attached hydrogen (secondary N) is 3. The van der Waals surface area contributed by atoms with Gasteiger partial charge in [0.05, 0.1) is 5.60 Å². The first-order valence-corrected chi connectivity index (χ1v) is 14.4. The fourth-order valence-electron chi connectivity index (χ4n) is 6.08. The number of aliphatic hydroxyl groups is 1. The summed E-state index contributed by atoms with van der Waals surface area (Å²) in [6.07, 6.45) is 3.67. The van der Waals surface area contributed by atoms with Gasteiger partial charge in [0, 0.05) is 43.2 Å². The number of urea groups is 1. The van der Waals surface area contributed by atoms with Crippen LogP contribution in [0.3, 0.4) is 0 Å². The highest BCUT2D eigenvalue weighted by Gasteiger charge is 2.42. The number of rotatable bonds is 11. The molecule has 1 aliphatic carbocycles. The molecule has 1 saturated heterocycles. The number of alkyl halides is 3. The average Bonchev–Trinajstić information content (AvgIpc) is 2.91. The topological polar surface area (TPSA) is 93.7 Å². The Bertz CT molecular complexity index is 945. The number of piperidine rings is 1. The highest BCUT2D eigenvalue weighted by Crippen LogP contribution is 2.40. The summed E-state index contributed by atoms with van der Waals surface area (Å²) in [5.41, 5.74) is -0.881. The minimum absolute atomic E-state index is 0.00929. The van der Waals surface area contributed by atoms with E-state index < -0.39 is 17.7 Å². The number of hydrogen-bond acceptors (Lipinski definition) is 4. The molecule has 0 bridgehead atoms. The van der Waals surface area contributed by atoms with Crippen molar-refractivity contribution in [2.75, 3.05) is 33.2 Å². The van der Waals surface area contributed by atoms with Crippen LogP contribution in [0.5, 0.6) is 0 Å². The summed E-state index contributed by atoms with van der Waals surface area (Å²) in [5.74, 6) is -1.74. The molecule has 1 aliphatic heterocycles.